The molecule has 0 saturated carbocycles. The molecule has 0 unspecified atom stereocenters. The molecule has 1 fully saturated rings. The standard InChI is InChI=1S/C18H21BrNO/c19-15-5-4-13-8-14-10-20(6-2-1-3-7-20)11-17(14)18(12-21)16(13)9-15/h4-5,8-9,21H,1-3,6-7,10-12H2/q+1. The summed E-state index contributed by atoms with van der Waals surface area (Å²) in [6.45, 7) is 5.04. The van der Waals surface area contributed by atoms with E-state index in [0.29, 0.717) is 0 Å². The van der Waals surface area contributed by atoms with Gasteiger partial charge in [0.15, 0.2) is 0 Å². The number of piperidine rings is 1. The van der Waals surface area contributed by atoms with Gasteiger partial charge in [-0.25, -0.2) is 0 Å². The van der Waals surface area contributed by atoms with E-state index >= 15 is 0 Å². The normalized spacial score (nSPS) is 20.1. The molecule has 2 aliphatic heterocycles. The first kappa shape index (κ1) is 13.7. The Bertz CT molecular complexity index is 704. The van der Waals surface area contributed by atoms with Gasteiger partial charge >= 0.3 is 0 Å². The summed E-state index contributed by atoms with van der Waals surface area (Å²) in [5.74, 6) is 0. The summed E-state index contributed by atoms with van der Waals surface area (Å²) in [6.07, 6.45) is 4.10. The van der Waals surface area contributed by atoms with Crippen LogP contribution in [0.2, 0.25) is 0 Å². The molecule has 3 heteroatoms. The van der Waals surface area contributed by atoms with Crippen LogP contribution < -0.4 is 0 Å². The third kappa shape index (κ3) is 2.23. The molecular weight excluding hydrogens is 326 g/mol. The SMILES string of the molecule is OCc1c2c(cc3ccc(Br)cc13)C[N+]1(CCCCC1)C2. The van der Waals surface area contributed by atoms with Gasteiger partial charge in [-0.1, -0.05) is 22.0 Å². The molecule has 1 N–H and O–H groups in total. The second kappa shape index (κ2) is 5.08. The maximum atomic E-state index is 9.96. The van der Waals surface area contributed by atoms with Gasteiger partial charge in [-0.2, -0.15) is 0 Å². The van der Waals surface area contributed by atoms with Gasteiger partial charge in [-0.15, -0.1) is 0 Å². The molecule has 1 spiro atoms. The number of hydrogen-bond acceptors (Lipinski definition) is 1. The molecule has 0 amide bonds. The zero-order valence-electron chi connectivity index (χ0n) is 12.2. The van der Waals surface area contributed by atoms with Crippen LogP contribution in [0.1, 0.15) is 36.0 Å². The molecule has 4 rings (SSSR count). The zero-order valence-corrected chi connectivity index (χ0v) is 13.8. The Morgan fingerprint density at radius 3 is 2.62 bits per heavy atom. The van der Waals surface area contributed by atoms with E-state index in [4.69, 9.17) is 0 Å². The molecular formula is C18H21BrNO+. The second-order valence-electron chi connectivity index (χ2n) is 6.68. The first-order valence-electron chi connectivity index (χ1n) is 7.90. The zero-order chi connectivity index (χ0) is 14.4. The summed E-state index contributed by atoms with van der Waals surface area (Å²) in [4.78, 5) is 0. The number of hydrogen-bond donors (Lipinski definition) is 1. The van der Waals surface area contributed by atoms with Crippen molar-refractivity contribution in [2.75, 3.05) is 13.1 Å². The summed E-state index contributed by atoms with van der Waals surface area (Å²) < 4.78 is 2.31. The summed E-state index contributed by atoms with van der Waals surface area (Å²) in [5.41, 5.74) is 4.05. The molecule has 2 aromatic rings. The Kier molecular flexibility index (Phi) is 3.32. The summed E-state index contributed by atoms with van der Waals surface area (Å²) in [6, 6.07) is 8.77. The maximum Gasteiger partial charge on any atom is 0.105 e. The summed E-state index contributed by atoms with van der Waals surface area (Å²) in [7, 11) is 0. The van der Waals surface area contributed by atoms with Gasteiger partial charge < -0.3 is 9.59 Å². The average Bonchev–Trinajstić information content (AvgIpc) is 2.82. The van der Waals surface area contributed by atoms with Gasteiger partial charge in [-0.05, 0) is 53.8 Å². The number of nitrogens with zero attached hydrogens (tertiary/aromatic N) is 1. The van der Waals surface area contributed by atoms with Crippen LogP contribution >= 0.6 is 15.9 Å². The van der Waals surface area contributed by atoms with E-state index in [9.17, 15) is 5.11 Å². The minimum atomic E-state index is 0.149. The van der Waals surface area contributed by atoms with E-state index in [1.807, 2.05) is 0 Å². The van der Waals surface area contributed by atoms with E-state index in [-0.39, 0.29) is 6.61 Å². The molecule has 1 saturated heterocycles. The number of aliphatic hydroxyl groups excluding tert-OH is 1. The highest BCUT2D eigenvalue weighted by molar-refractivity contribution is 9.10. The highest BCUT2D eigenvalue weighted by Crippen LogP contribution is 2.39. The van der Waals surface area contributed by atoms with Crippen LogP contribution in [0.5, 0.6) is 0 Å². The first-order valence-corrected chi connectivity index (χ1v) is 8.69. The van der Waals surface area contributed by atoms with Crippen molar-refractivity contribution < 1.29 is 9.59 Å². The lowest BCUT2D eigenvalue weighted by atomic mass is 9.96. The molecule has 2 nitrogen and oxygen atoms in total. The van der Waals surface area contributed by atoms with Crippen molar-refractivity contribution in [1.29, 1.82) is 0 Å². The van der Waals surface area contributed by atoms with Crippen molar-refractivity contribution in [1.82, 2.24) is 0 Å². The van der Waals surface area contributed by atoms with E-state index in [0.717, 1.165) is 23.1 Å². The number of benzene rings is 2. The van der Waals surface area contributed by atoms with Crippen molar-refractivity contribution in [2.24, 2.45) is 0 Å². The van der Waals surface area contributed by atoms with E-state index in [1.54, 1.807) is 0 Å². The lowest BCUT2D eigenvalue weighted by Gasteiger charge is -2.37. The number of rotatable bonds is 1. The molecule has 21 heavy (non-hydrogen) atoms. The van der Waals surface area contributed by atoms with Crippen LogP contribution in [-0.4, -0.2) is 22.7 Å². The third-order valence-electron chi connectivity index (χ3n) is 5.34. The van der Waals surface area contributed by atoms with Crippen molar-refractivity contribution in [3.63, 3.8) is 0 Å². The van der Waals surface area contributed by atoms with Crippen molar-refractivity contribution in [3.05, 3.63) is 45.4 Å². The Hall–Kier alpha value is -0.900. The largest absolute Gasteiger partial charge is 0.392 e. The third-order valence-corrected chi connectivity index (χ3v) is 5.84. The minimum absolute atomic E-state index is 0.149. The fourth-order valence-corrected chi connectivity index (χ4v) is 4.68. The lowest BCUT2D eigenvalue weighted by molar-refractivity contribution is -0.951. The molecule has 110 valence electrons. The van der Waals surface area contributed by atoms with Gasteiger partial charge in [0.25, 0.3) is 0 Å². The van der Waals surface area contributed by atoms with Gasteiger partial charge in [0.05, 0.1) is 19.7 Å². The quantitative estimate of drug-likeness (QED) is 0.770. The van der Waals surface area contributed by atoms with Gasteiger partial charge in [0.2, 0.25) is 0 Å². The average molecular weight is 347 g/mol. The number of quaternary nitrogens is 1. The van der Waals surface area contributed by atoms with Crippen molar-refractivity contribution in [3.8, 4) is 0 Å². The number of aliphatic hydroxyl groups is 1. The number of halogens is 1. The Morgan fingerprint density at radius 1 is 1.05 bits per heavy atom. The maximum absolute atomic E-state index is 9.96. The Labute approximate surface area is 134 Å². The molecule has 0 bridgehead atoms. The van der Waals surface area contributed by atoms with Crippen LogP contribution in [0.15, 0.2) is 28.7 Å². The first-order chi connectivity index (χ1) is 10.2. The van der Waals surface area contributed by atoms with Gasteiger partial charge in [0, 0.05) is 15.6 Å². The predicted octanol–water partition coefficient (Wildman–Crippen LogP) is 4.11. The van der Waals surface area contributed by atoms with Crippen LogP contribution in [0.4, 0.5) is 0 Å². The molecule has 0 aliphatic carbocycles. The minimum Gasteiger partial charge on any atom is -0.392 e. The van der Waals surface area contributed by atoms with Crippen LogP contribution in [0.25, 0.3) is 10.8 Å². The molecule has 0 aromatic heterocycles. The fourth-order valence-electron chi connectivity index (χ4n) is 4.32. The topological polar surface area (TPSA) is 20.2 Å². The summed E-state index contributed by atoms with van der Waals surface area (Å²) in [5, 5.41) is 12.4. The van der Waals surface area contributed by atoms with Crippen LogP contribution in [0, 0.1) is 0 Å². The van der Waals surface area contributed by atoms with Crippen LogP contribution in [-0.2, 0) is 19.7 Å². The van der Waals surface area contributed by atoms with Crippen LogP contribution in [0.3, 0.4) is 0 Å². The van der Waals surface area contributed by atoms with Crippen molar-refractivity contribution in [2.45, 2.75) is 39.0 Å². The molecule has 2 heterocycles. The lowest BCUT2D eigenvalue weighted by Crippen LogP contribution is -2.46. The van der Waals surface area contributed by atoms with E-state index in [2.05, 4.69) is 40.2 Å². The highest BCUT2D eigenvalue weighted by atomic mass is 79.9. The smallest absolute Gasteiger partial charge is 0.105 e. The van der Waals surface area contributed by atoms with E-state index < -0.39 is 0 Å². The Balaban J connectivity index is 1.87. The molecule has 2 aromatic carbocycles. The molecule has 0 atom stereocenters. The monoisotopic (exact) mass is 346 g/mol. The molecule has 2 aliphatic rings. The van der Waals surface area contributed by atoms with Crippen molar-refractivity contribution >= 4 is 26.7 Å². The molecule has 0 radical (unpaired) electrons. The predicted molar refractivity (Wildman–Crippen MR) is 88.8 cm³/mol. The number of fused-ring (bicyclic) bond motifs is 2. The fraction of sp³-hybridized carbons (Fsp3) is 0.444. The Morgan fingerprint density at radius 2 is 1.86 bits per heavy atom. The van der Waals surface area contributed by atoms with Gasteiger partial charge in [-0.3, -0.25) is 0 Å². The second-order valence-corrected chi connectivity index (χ2v) is 7.60. The van der Waals surface area contributed by atoms with E-state index in [1.165, 1.54) is 58.7 Å². The van der Waals surface area contributed by atoms with Gasteiger partial charge in [0.1, 0.15) is 13.1 Å². The summed E-state index contributed by atoms with van der Waals surface area (Å²) >= 11 is 3.56. The highest BCUT2D eigenvalue weighted by Gasteiger charge is 2.38.